The smallest absolute Gasteiger partial charge is 0.201 e. The molecular weight excluding hydrogens is 157 g/mol. The fraction of sp³-hybridized carbons (Fsp3) is 0.125. The van der Waals surface area contributed by atoms with Gasteiger partial charge in [0.15, 0.2) is 5.82 Å². The van der Waals surface area contributed by atoms with Crippen molar-refractivity contribution in [2.24, 2.45) is 7.05 Å². The first kappa shape index (κ1) is 7.09. The largest absolute Gasteiger partial charge is 0.369 e. The second-order valence-corrected chi connectivity index (χ2v) is 2.64. The molecule has 0 saturated heterocycles. The number of rotatable bonds is 0. The van der Waals surface area contributed by atoms with E-state index in [9.17, 15) is 4.39 Å². The Hall–Kier alpha value is -1.58. The Balaban J connectivity index is 2.95. The summed E-state index contributed by atoms with van der Waals surface area (Å²) < 4.78 is 14.7. The first-order valence-electron chi connectivity index (χ1n) is 3.56. The molecule has 0 unspecified atom stereocenters. The van der Waals surface area contributed by atoms with Gasteiger partial charge in [-0.1, -0.05) is 6.07 Å². The van der Waals surface area contributed by atoms with Gasteiger partial charge in [0.1, 0.15) is 5.52 Å². The van der Waals surface area contributed by atoms with Crippen molar-refractivity contribution in [3.05, 3.63) is 24.0 Å². The molecule has 62 valence electrons. The van der Waals surface area contributed by atoms with Gasteiger partial charge in [-0.05, 0) is 12.1 Å². The summed E-state index contributed by atoms with van der Waals surface area (Å²) in [5, 5.41) is 0. The maximum Gasteiger partial charge on any atom is 0.201 e. The highest BCUT2D eigenvalue weighted by Crippen LogP contribution is 2.18. The predicted molar refractivity (Wildman–Crippen MR) is 45.1 cm³/mol. The number of halogens is 1. The normalized spacial score (nSPS) is 10.8. The van der Waals surface area contributed by atoms with Gasteiger partial charge in [-0.15, -0.1) is 0 Å². The summed E-state index contributed by atoms with van der Waals surface area (Å²) in [6, 6.07) is 4.79. The zero-order chi connectivity index (χ0) is 8.72. The molecule has 0 aliphatic heterocycles. The minimum Gasteiger partial charge on any atom is -0.369 e. The van der Waals surface area contributed by atoms with Crippen molar-refractivity contribution >= 4 is 17.0 Å². The highest BCUT2D eigenvalue weighted by Gasteiger charge is 2.07. The number of benzene rings is 1. The maximum absolute atomic E-state index is 13.0. The van der Waals surface area contributed by atoms with Crippen LogP contribution in [0, 0.1) is 5.82 Å². The number of nitrogens with two attached hydrogens (primary N) is 1. The van der Waals surface area contributed by atoms with E-state index in [1.807, 2.05) is 0 Å². The highest BCUT2D eigenvalue weighted by molar-refractivity contribution is 5.78. The van der Waals surface area contributed by atoms with E-state index in [1.165, 1.54) is 6.07 Å². The fourth-order valence-corrected chi connectivity index (χ4v) is 1.20. The molecule has 3 nitrogen and oxygen atoms in total. The van der Waals surface area contributed by atoms with Gasteiger partial charge in [0.25, 0.3) is 0 Å². The summed E-state index contributed by atoms with van der Waals surface area (Å²) in [5.74, 6) is -0.00472. The van der Waals surface area contributed by atoms with E-state index in [1.54, 1.807) is 23.7 Å². The molecule has 0 bridgehead atoms. The molecule has 0 saturated carbocycles. The summed E-state index contributed by atoms with van der Waals surface area (Å²) in [4.78, 5) is 3.88. The third kappa shape index (κ3) is 0.777. The van der Waals surface area contributed by atoms with Gasteiger partial charge in [0.05, 0.1) is 5.52 Å². The van der Waals surface area contributed by atoms with Crippen molar-refractivity contribution in [3.8, 4) is 0 Å². The van der Waals surface area contributed by atoms with Crippen LogP contribution in [0.15, 0.2) is 18.2 Å². The number of imidazole rings is 1. The molecule has 0 radical (unpaired) electrons. The summed E-state index contributed by atoms with van der Waals surface area (Å²) in [6.07, 6.45) is 0. The summed E-state index contributed by atoms with van der Waals surface area (Å²) in [7, 11) is 1.75. The molecular formula is C8H8FN3. The van der Waals surface area contributed by atoms with E-state index in [4.69, 9.17) is 5.73 Å². The van der Waals surface area contributed by atoms with E-state index in [0.717, 1.165) is 0 Å². The van der Waals surface area contributed by atoms with E-state index in [2.05, 4.69) is 4.98 Å². The number of fused-ring (bicyclic) bond motifs is 1. The molecule has 2 rings (SSSR count). The minimum absolute atomic E-state index is 0.329. The molecule has 0 aliphatic carbocycles. The third-order valence-electron chi connectivity index (χ3n) is 1.90. The monoisotopic (exact) mass is 165 g/mol. The van der Waals surface area contributed by atoms with Gasteiger partial charge in [0.2, 0.25) is 5.95 Å². The first-order chi connectivity index (χ1) is 5.70. The standard InChI is InChI=1S/C8H8FN3/c1-12-6-4-2-3-5(9)7(6)11-8(12)10/h2-4H,1H3,(H2,10,11). The zero-order valence-electron chi connectivity index (χ0n) is 6.58. The second-order valence-electron chi connectivity index (χ2n) is 2.64. The van der Waals surface area contributed by atoms with Crippen LogP contribution in [0.1, 0.15) is 0 Å². The van der Waals surface area contributed by atoms with Crippen LogP contribution in [0.5, 0.6) is 0 Å². The first-order valence-corrected chi connectivity index (χ1v) is 3.56. The second kappa shape index (κ2) is 2.20. The Morgan fingerprint density at radius 1 is 1.50 bits per heavy atom. The molecule has 0 aliphatic rings. The summed E-state index contributed by atoms with van der Waals surface area (Å²) in [6.45, 7) is 0. The van der Waals surface area contributed by atoms with Crippen LogP contribution in [0.3, 0.4) is 0 Å². The van der Waals surface area contributed by atoms with E-state index in [-0.39, 0.29) is 5.82 Å². The number of anilines is 1. The van der Waals surface area contributed by atoms with E-state index >= 15 is 0 Å². The molecule has 1 aromatic carbocycles. The Morgan fingerprint density at radius 2 is 2.25 bits per heavy atom. The third-order valence-corrected chi connectivity index (χ3v) is 1.90. The van der Waals surface area contributed by atoms with Crippen LogP contribution in [0.2, 0.25) is 0 Å². The number of aryl methyl sites for hydroxylation is 1. The van der Waals surface area contributed by atoms with Crippen LogP contribution in [-0.2, 0) is 7.05 Å². The molecule has 0 fully saturated rings. The average molecular weight is 165 g/mol. The Bertz CT molecular complexity index is 433. The minimum atomic E-state index is -0.334. The van der Waals surface area contributed by atoms with Crippen LogP contribution < -0.4 is 5.73 Å². The van der Waals surface area contributed by atoms with Crippen LogP contribution in [0.4, 0.5) is 10.3 Å². The Kier molecular flexibility index (Phi) is 1.30. The molecule has 0 atom stereocenters. The topological polar surface area (TPSA) is 43.8 Å². The molecule has 1 aromatic heterocycles. The maximum atomic E-state index is 13.0. The molecule has 4 heteroatoms. The van der Waals surface area contributed by atoms with Crippen LogP contribution in [0.25, 0.3) is 11.0 Å². The Morgan fingerprint density at radius 3 is 2.92 bits per heavy atom. The van der Waals surface area contributed by atoms with Crippen molar-refractivity contribution < 1.29 is 4.39 Å². The van der Waals surface area contributed by atoms with Crippen molar-refractivity contribution in [1.82, 2.24) is 9.55 Å². The van der Waals surface area contributed by atoms with Crippen LogP contribution >= 0.6 is 0 Å². The zero-order valence-corrected chi connectivity index (χ0v) is 6.58. The number of aromatic nitrogens is 2. The van der Waals surface area contributed by atoms with Crippen LogP contribution in [-0.4, -0.2) is 9.55 Å². The lowest BCUT2D eigenvalue weighted by atomic mass is 10.3. The number of hydrogen-bond donors (Lipinski definition) is 1. The molecule has 0 amide bonds. The lowest BCUT2D eigenvalue weighted by molar-refractivity contribution is 0.637. The Labute approximate surface area is 68.6 Å². The molecule has 2 N–H and O–H groups in total. The quantitative estimate of drug-likeness (QED) is 0.639. The van der Waals surface area contributed by atoms with Gasteiger partial charge >= 0.3 is 0 Å². The van der Waals surface area contributed by atoms with Gasteiger partial charge in [-0.25, -0.2) is 9.37 Å². The number of hydrogen-bond acceptors (Lipinski definition) is 2. The lowest BCUT2D eigenvalue weighted by Crippen LogP contribution is -1.95. The van der Waals surface area contributed by atoms with Crippen molar-refractivity contribution in [1.29, 1.82) is 0 Å². The molecule has 1 heterocycles. The van der Waals surface area contributed by atoms with E-state index < -0.39 is 0 Å². The summed E-state index contributed by atoms with van der Waals surface area (Å²) in [5.41, 5.74) is 6.55. The average Bonchev–Trinajstić information content (AvgIpc) is 2.32. The van der Waals surface area contributed by atoms with Gasteiger partial charge in [-0.3, -0.25) is 0 Å². The van der Waals surface area contributed by atoms with Crippen molar-refractivity contribution in [2.75, 3.05) is 5.73 Å². The number of nitrogen functional groups attached to an aromatic ring is 1. The number of nitrogens with zero attached hydrogens (tertiary/aromatic N) is 2. The van der Waals surface area contributed by atoms with Gasteiger partial charge in [-0.2, -0.15) is 0 Å². The van der Waals surface area contributed by atoms with E-state index in [0.29, 0.717) is 17.0 Å². The lowest BCUT2D eigenvalue weighted by Gasteiger charge is -1.94. The highest BCUT2D eigenvalue weighted by atomic mass is 19.1. The van der Waals surface area contributed by atoms with Gasteiger partial charge in [0, 0.05) is 7.05 Å². The molecule has 2 aromatic rings. The fourth-order valence-electron chi connectivity index (χ4n) is 1.20. The summed E-state index contributed by atoms with van der Waals surface area (Å²) >= 11 is 0. The van der Waals surface area contributed by atoms with Crippen molar-refractivity contribution in [2.45, 2.75) is 0 Å². The molecule has 12 heavy (non-hydrogen) atoms. The number of para-hydroxylation sites is 1. The van der Waals surface area contributed by atoms with Gasteiger partial charge < -0.3 is 10.3 Å². The SMILES string of the molecule is Cn1c(N)nc2c(F)cccc21. The predicted octanol–water partition coefficient (Wildman–Crippen LogP) is 1.29. The molecule has 0 spiro atoms. The van der Waals surface area contributed by atoms with Crippen molar-refractivity contribution in [3.63, 3.8) is 0 Å².